The Labute approximate surface area is 201 Å². The van der Waals surface area contributed by atoms with Crippen LogP contribution in [-0.2, 0) is 4.79 Å². The summed E-state index contributed by atoms with van der Waals surface area (Å²) in [4.78, 5) is 24.1. The number of rotatable bonds is 4. The molecule has 10 nitrogen and oxygen atoms in total. The smallest absolute Gasteiger partial charge is 0.491 e. The predicted octanol–water partition coefficient (Wildman–Crippen LogP) is 2.76. The zero-order valence-electron chi connectivity index (χ0n) is 18.5. The summed E-state index contributed by atoms with van der Waals surface area (Å²) in [5.41, 5.74) is 0.180. The van der Waals surface area contributed by atoms with Gasteiger partial charge in [0.2, 0.25) is 5.95 Å². The van der Waals surface area contributed by atoms with Crippen molar-refractivity contribution in [3.63, 3.8) is 0 Å². The molecule has 0 amide bonds. The summed E-state index contributed by atoms with van der Waals surface area (Å²) in [6.45, 7) is 3.69. The fraction of sp³-hybridized carbons (Fsp3) is 0.429. The molecule has 0 atom stereocenters. The van der Waals surface area contributed by atoms with Gasteiger partial charge in [-0.2, -0.15) is 17.5 Å². The first kappa shape index (κ1) is 23.4. The highest BCUT2D eigenvalue weighted by Crippen LogP contribution is 2.43. The largest absolute Gasteiger partial charge is 0.507 e. The molecule has 5 rings (SSSR count). The normalized spacial score (nSPS) is 17.9. The highest BCUT2D eigenvalue weighted by atomic mass is 32.1. The lowest BCUT2D eigenvalue weighted by molar-refractivity contribution is -0.189. The molecular formula is C21H20F3N7O3S. The lowest BCUT2D eigenvalue weighted by Crippen LogP contribution is -2.60. The molecule has 1 aromatic carbocycles. The van der Waals surface area contributed by atoms with Crippen molar-refractivity contribution in [1.29, 1.82) is 0 Å². The number of piperidine rings is 1. The predicted molar refractivity (Wildman–Crippen MR) is 119 cm³/mol. The number of ether oxygens (including phenoxy) is 1. The lowest BCUT2D eigenvalue weighted by atomic mass is 9.72. The first-order chi connectivity index (χ1) is 16.6. The number of hydrogen-bond acceptors (Lipinski definition) is 11. The lowest BCUT2D eigenvalue weighted by Gasteiger charge is -2.53. The van der Waals surface area contributed by atoms with Crippen molar-refractivity contribution < 1.29 is 27.8 Å². The second-order valence-corrected chi connectivity index (χ2v) is 9.59. The molecule has 2 saturated heterocycles. The number of anilines is 1. The van der Waals surface area contributed by atoms with E-state index in [0.717, 1.165) is 56.6 Å². The minimum absolute atomic E-state index is 0.0467. The fourth-order valence-corrected chi connectivity index (χ4v) is 4.87. The van der Waals surface area contributed by atoms with Gasteiger partial charge in [-0.3, -0.25) is 0 Å². The Kier molecular flexibility index (Phi) is 5.79. The van der Waals surface area contributed by atoms with E-state index < -0.39 is 23.6 Å². The van der Waals surface area contributed by atoms with Crippen LogP contribution in [0.2, 0.25) is 0 Å². The van der Waals surface area contributed by atoms with Gasteiger partial charge < -0.3 is 19.6 Å². The molecule has 0 aliphatic carbocycles. The van der Waals surface area contributed by atoms with Crippen molar-refractivity contribution in [3.8, 4) is 33.3 Å². The van der Waals surface area contributed by atoms with E-state index in [1.807, 2.05) is 4.90 Å². The third-order valence-electron chi connectivity index (χ3n) is 6.31. The molecule has 1 spiro atoms. The van der Waals surface area contributed by atoms with Crippen LogP contribution in [0.1, 0.15) is 12.8 Å². The molecule has 4 heterocycles. The highest BCUT2D eigenvalue weighted by Gasteiger charge is 2.45. The van der Waals surface area contributed by atoms with E-state index in [1.54, 1.807) is 0 Å². The number of aromatic nitrogens is 5. The van der Waals surface area contributed by atoms with Gasteiger partial charge in [0.1, 0.15) is 28.5 Å². The highest BCUT2D eigenvalue weighted by molar-refractivity contribution is 7.09. The van der Waals surface area contributed by atoms with E-state index in [4.69, 9.17) is 0 Å². The number of halogens is 3. The van der Waals surface area contributed by atoms with Crippen LogP contribution in [0.5, 0.6) is 11.5 Å². The van der Waals surface area contributed by atoms with E-state index in [2.05, 4.69) is 41.2 Å². The Morgan fingerprint density at radius 1 is 1.17 bits per heavy atom. The molecule has 2 aromatic heterocycles. The third kappa shape index (κ3) is 4.62. The molecule has 0 unspecified atom stereocenters. The van der Waals surface area contributed by atoms with Gasteiger partial charge in [-0.05, 0) is 56.6 Å². The number of carbonyl (C=O) groups is 1. The van der Waals surface area contributed by atoms with Crippen LogP contribution in [0.25, 0.3) is 21.8 Å². The number of alkyl halides is 3. The second-order valence-electron chi connectivity index (χ2n) is 8.80. The SMILES string of the molecule is CN1CCC2(CC1)CN(c1ncc(-c3c(O)cc(-c4ncns4)cc3OC(=O)C(F)(F)F)nn1)C2. The van der Waals surface area contributed by atoms with Gasteiger partial charge in [0.15, 0.2) is 0 Å². The quantitative estimate of drug-likeness (QED) is 0.417. The molecule has 2 aliphatic rings. The van der Waals surface area contributed by atoms with Crippen molar-refractivity contribution in [2.75, 3.05) is 38.1 Å². The summed E-state index contributed by atoms with van der Waals surface area (Å²) < 4.78 is 47.1. The molecule has 2 fully saturated rings. The summed E-state index contributed by atoms with van der Waals surface area (Å²) >= 11 is 0.959. The Morgan fingerprint density at radius 3 is 2.51 bits per heavy atom. The van der Waals surface area contributed by atoms with Crippen molar-refractivity contribution in [2.24, 2.45) is 5.41 Å². The summed E-state index contributed by atoms with van der Waals surface area (Å²) in [6.07, 6.45) is -0.512. The number of phenols is 1. The first-order valence-electron chi connectivity index (χ1n) is 10.7. The van der Waals surface area contributed by atoms with Crippen molar-refractivity contribution in [3.05, 3.63) is 24.7 Å². The topological polar surface area (TPSA) is 117 Å². The van der Waals surface area contributed by atoms with Gasteiger partial charge in [0, 0.05) is 24.1 Å². The summed E-state index contributed by atoms with van der Waals surface area (Å²) in [5.74, 6) is -3.07. The molecule has 0 saturated carbocycles. The van der Waals surface area contributed by atoms with E-state index in [0.29, 0.717) is 11.0 Å². The van der Waals surface area contributed by atoms with Crippen LogP contribution in [0.3, 0.4) is 0 Å². The molecule has 0 radical (unpaired) electrons. The zero-order chi connectivity index (χ0) is 24.8. The molecule has 14 heteroatoms. The molecule has 0 bridgehead atoms. The van der Waals surface area contributed by atoms with Gasteiger partial charge in [0.05, 0.1) is 11.8 Å². The van der Waals surface area contributed by atoms with Crippen LogP contribution >= 0.6 is 11.5 Å². The van der Waals surface area contributed by atoms with Gasteiger partial charge in [-0.15, -0.1) is 10.2 Å². The van der Waals surface area contributed by atoms with Gasteiger partial charge in [-0.25, -0.2) is 14.8 Å². The van der Waals surface area contributed by atoms with Gasteiger partial charge in [0.25, 0.3) is 0 Å². The monoisotopic (exact) mass is 507 g/mol. The minimum Gasteiger partial charge on any atom is -0.507 e. The number of benzene rings is 1. The van der Waals surface area contributed by atoms with E-state index in [1.165, 1.54) is 18.6 Å². The number of esters is 1. The van der Waals surface area contributed by atoms with Crippen molar-refractivity contribution >= 4 is 23.5 Å². The Morgan fingerprint density at radius 2 is 1.91 bits per heavy atom. The van der Waals surface area contributed by atoms with Crippen LogP contribution in [0, 0.1) is 5.41 Å². The standard InChI is InChI=1S/C21H20F3N7O3S/c1-30-4-2-20(3-5-30)9-31(10-20)19-25-8-13(28-29-19)16-14(32)6-12(17-26-11-27-35-17)7-15(16)34-18(33)21(22,23)24/h6-8,11,32H,2-5,9-10H2,1H3. The minimum atomic E-state index is -5.24. The van der Waals surface area contributed by atoms with Crippen LogP contribution < -0.4 is 9.64 Å². The Balaban J connectivity index is 1.42. The van der Waals surface area contributed by atoms with Crippen LogP contribution in [0.4, 0.5) is 19.1 Å². The number of carbonyl (C=O) groups excluding carboxylic acids is 1. The first-order valence-corrected chi connectivity index (χ1v) is 11.5. The maximum Gasteiger partial charge on any atom is 0.491 e. The molecule has 1 N–H and O–H groups in total. The maximum atomic E-state index is 12.9. The van der Waals surface area contributed by atoms with Crippen LogP contribution in [0.15, 0.2) is 24.7 Å². The summed E-state index contributed by atoms with van der Waals surface area (Å²) in [6, 6.07) is 2.43. The van der Waals surface area contributed by atoms with E-state index in [9.17, 15) is 23.1 Å². The number of likely N-dealkylation sites (tertiary alicyclic amines) is 1. The Bertz CT molecular complexity index is 1220. The number of phenolic OH excluding ortho intramolecular Hbond substituents is 1. The summed E-state index contributed by atoms with van der Waals surface area (Å²) in [5, 5.41) is 19.1. The van der Waals surface area contributed by atoms with Crippen molar-refractivity contribution in [2.45, 2.75) is 19.0 Å². The number of nitrogens with zero attached hydrogens (tertiary/aromatic N) is 7. The zero-order valence-corrected chi connectivity index (χ0v) is 19.3. The molecular weight excluding hydrogens is 487 g/mol. The van der Waals surface area contributed by atoms with E-state index >= 15 is 0 Å². The number of hydrogen-bond donors (Lipinski definition) is 1. The molecule has 35 heavy (non-hydrogen) atoms. The number of aromatic hydroxyl groups is 1. The molecule has 3 aromatic rings. The average molecular weight is 507 g/mol. The van der Waals surface area contributed by atoms with Crippen molar-refractivity contribution in [1.82, 2.24) is 29.4 Å². The molecule has 184 valence electrons. The Hall–Kier alpha value is -3.39. The van der Waals surface area contributed by atoms with Gasteiger partial charge in [-0.1, -0.05) is 0 Å². The fourth-order valence-electron chi connectivity index (χ4n) is 4.36. The molecule has 2 aliphatic heterocycles. The van der Waals surface area contributed by atoms with E-state index in [-0.39, 0.29) is 22.2 Å². The third-order valence-corrected chi connectivity index (χ3v) is 7.03. The summed E-state index contributed by atoms with van der Waals surface area (Å²) in [7, 11) is 2.10. The average Bonchev–Trinajstić information content (AvgIpc) is 3.33. The van der Waals surface area contributed by atoms with Gasteiger partial charge >= 0.3 is 12.1 Å². The maximum absolute atomic E-state index is 12.9. The second kappa shape index (κ2) is 8.68. The van der Waals surface area contributed by atoms with Crippen LogP contribution in [-0.4, -0.2) is 79.9 Å².